The Morgan fingerprint density at radius 2 is 2.14 bits per heavy atom. The third-order valence-electron chi connectivity index (χ3n) is 2.56. The molecule has 9 heteroatoms. The predicted molar refractivity (Wildman–Crippen MR) is 76.1 cm³/mol. The van der Waals surface area contributed by atoms with Crippen LogP contribution in [0.25, 0.3) is 0 Å². The van der Waals surface area contributed by atoms with Crippen LogP contribution in [0.2, 0.25) is 0 Å². The molecule has 1 rings (SSSR count). The SMILES string of the molecule is CCCNc1ncc([N+](=O)[O-])cc1C(=O)NCC(=O)NC. The summed E-state index contributed by atoms with van der Waals surface area (Å²) in [6.07, 6.45) is 1.88. The fraction of sp³-hybridized carbons (Fsp3) is 0.417. The van der Waals surface area contributed by atoms with Crippen molar-refractivity contribution in [3.8, 4) is 0 Å². The number of nitrogens with one attached hydrogen (secondary N) is 3. The van der Waals surface area contributed by atoms with Gasteiger partial charge in [0.2, 0.25) is 5.91 Å². The van der Waals surface area contributed by atoms with Gasteiger partial charge in [0.25, 0.3) is 11.6 Å². The van der Waals surface area contributed by atoms with Gasteiger partial charge in [-0.15, -0.1) is 0 Å². The smallest absolute Gasteiger partial charge is 0.288 e. The molecule has 0 unspecified atom stereocenters. The number of rotatable bonds is 7. The number of aromatic nitrogens is 1. The molecule has 2 amide bonds. The number of carbonyl (C=O) groups excluding carboxylic acids is 2. The molecule has 0 aromatic carbocycles. The van der Waals surface area contributed by atoms with E-state index in [1.165, 1.54) is 7.05 Å². The Hall–Kier alpha value is -2.71. The van der Waals surface area contributed by atoms with Gasteiger partial charge in [0.15, 0.2) is 0 Å². The van der Waals surface area contributed by atoms with Crippen molar-refractivity contribution in [2.75, 3.05) is 25.5 Å². The highest BCUT2D eigenvalue weighted by molar-refractivity contribution is 6.00. The summed E-state index contributed by atoms with van der Waals surface area (Å²) in [5, 5.41) is 18.4. The van der Waals surface area contributed by atoms with Crippen molar-refractivity contribution in [3.63, 3.8) is 0 Å². The molecule has 9 nitrogen and oxygen atoms in total. The summed E-state index contributed by atoms with van der Waals surface area (Å²) in [7, 11) is 1.44. The van der Waals surface area contributed by atoms with E-state index >= 15 is 0 Å². The molecule has 0 atom stereocenters. The number of likely N-dealkylation sites (N-methyl/N-ethyl adjacent to an activating group) is 1. The lowest BCUT2D eigenvalue weighted by atomic mass is 10.2. The second-order valence-electron chi connectivity index (χ2n) is 4.13. The summed E-state index contributed by atoms with van der Waals surface area (Å²) in [6, 6.07) is 1.13. The number of hydrogen-bond donors (Lipinski definition) is 3. The minimum Gasteiger partial charge on any atom is -0.369 e. The van der Waals surface area contributed by atoms with Gasteiger partial charge in [-0.25, -0.2) is 4.98 Å². The van der Waals surface area contributed by atoms with Crippen molar-refractivity contribution < 1.29 is 14.5 Å². The highest BCUT2D eigenvalue weighted by Gasteiger charge is 2.18. The largest absolute Gasteiger partial charge is 0.369 e. The maximum Gasteiger partial charge on any atom is 0.288 e. The summed E-state index contributed by atoms with van der Waals surface area (Å²) in [4.78, 5) is 37.2. The number of nitro groups is 1. The zero-order valence-electron chi connectivity index (χ0n) is 11.8. The van der Waals surface area contributed by atoms with Crippen LogP contribution in [0.3, 0.4) is 0 Å². The Balaban J connectivity index is 2.98. The average Bonchev–Trinajstić information content (AvgIpc) is 2.49. The van der Waals surface area contributed by atoms with E-state index < -0.39 is 10.8 Å². The molecule has 0 aliphatic heterocycles. The molecular weight excluding hydrogens is 278 g/mol. The zero-order chi connectivity index (χ0) is 15.8. The first-order valence-electron chi connectivity index (χ1n) is 6.36. The number of anilines is 1. The third-order valence-corrected chi connectivity index (χ3v) is 2.56. The molecular formula is C12H17N5O4. The molecule has 3 N–H and O–H groups in total. The Bertz CT molecular complexity index is 546. The summed E-state index contributed by atoms with van der Waals surface area (Å²) >= 11 is 0. The molecule has 0 radical (unpaired) electrons. The van der Waals surface area contributed by atoms with Crippen molar-refractivity contribution in [2.45, 2.75) is 13.3 Å². The van der Waals surface area contributed by atoms with Gasteiger partial charge >= 0.3 is 0 Å². The minimum atomic E-state index is -0.633. The molecule has 0 aliphatic carbocycles. The lowest BCUT2D eigenvalue weighted by molar-refractivity contribution is -0.385. The Labute approximate surface area is 121 Å². The standard InChI is InChI=1S/C12H17N5O4/c1-3-4-14-11-9(5-8(6-15-11)17(20)21)12(19)16-7-10(18)13-2/h5-6H,3-4,7H2,1-2H3,(H,13,18)(H,14,15)(H,16,19). The Kier molecular flexibility index (Phi) is 6.05. The van der Waals surface area contributed by atoms with E-state index in [1.54, 1.807) is 0 Å². The van der Waals surface area contributed by atoms with Crippen LogP contribution in [-0.2, 0) is 4.79 Å². The first kappa shape index (κ1) is 16.3. The fourth-order valence-corrected chi connectivity index (χ4v) is 1.46. The predicted octanol–water partition coefficient (Wildman–Crippen LogP) is 0.287. The molecule has 1 aromatic rings. The van der Waals surface area contributed by atoms with E-state index in [0.717, 1.165) is 18.7 Å². The van der Waals surface area contributed by atoms with Gasteiger partial charge in [0, 0.05) is 19.7 Å². The van der Waals surface area contributed by atoms with Crippen LogP contribution < -0.4 is 16.0 Å². The van der Waals surface area contributed by atoms with Gasteiger partial charge < -0.3 is 16.0 Å². The Morgan fingerprint density at radius 1 is 1.43 bits per heavy atom. The molecule has 0 fully saturated rings. The van der Waals surface area contributed by atoms with E-state index in [1.807, 2.05) is 6.92 Å². The van der Waals surface area contributed by atoms with Crippen LogP contribution in [0.1, 0.15) is 23.7 Å². The third kappa shape index (κ3) is 4.71. The van der Waals surface area contributed by atoms with Crippen LogP contribution in [0.5, 0.6) is 0 Å². The van der Waals surface area contributed by atoms with Crippen molar-refractivity contribution in [1.82, 2.24) is 15.6 Å². The van der Waals surface area contributed by atoms with Crippen molar-refractivity contribution >= 4 is 23.3 Å². The molecule has 0 saturated carbocycles. The van der Waals surface area contributed by atoms with Crippen LogP contribution in [-0.4, -0.2) is 41.9 Å². The van der Waals surface area contributed by atoms with Gasteiger partial charge in [-0.3, -0.25) is 19.7 Å². The first-order valence-corrected chi connectivity index (χ1v) is 6.36. The van der Waals surface area contributed by atoms with Crippen molar-refractivity contribution in [3.05, 3.63) is 27.9 Å². The van der Waals surface area contributed by atoms with Gasteiger partial charge in [-0.2, -0.15) is 0 Å². The van der Waals surface area contributed by atoms with Gasteiger partial charge in [0.05, 0.1) is 17.0 Å². The summed E-state index contributed by atoms with van der Waals surface area (Å²) < 4.78 is 0. The van der Waals surface area contributed by atoms with Crippen LogP contribution >= 0.6 is 0 Å². The number of carbonyl (C=O) groups is 2. The number of pyridine rings is 1. The molecule has 0 bridgehead atoms. The highest BCUT2D eigenvalue weighted by atomic mass is 16.6. The number of hydrogen-bond acceptors (Lipinski definition) is 6. The summed E-state index contributed by atoms with van der Waals surface area (Å²) in [5.41, 5.74) is -0.260. The van der Waals surface area contributed by atoms with E-state index in [0.29, 0.717) is 6.54 Å². The maximum atomic E-state index is 12.0. The van der Waals surface area contributed by atoms with Gasteiger partial charge in [-0.05, 0) is 6.42 Å². The van der Waals surface area contributed by atoms with Crippen LogP contribution in [0.15, 0.2) is 12.3 Å². The molecule has 0 saturated heterocycles. The second-order valence-corrected chi connectivity index (χ2v) is 4.13. The number of amides is 2. The Morgan fingerprint density at radius 3 is 2.71 bits per heavy atom. The highest BCUT2D eigenvalue weighted by Crippen LogP contribution is 2.19. The molecule has 0 aliphatic rings. The molecule has 1 aromatic heterocycles. The van der Waals surface area contributed by atoms with Crippen molar-refractivity contribution in [1.29, 1.82) is 0 Å². The molecule has 1 heterocycles. The maximum absolute atomic E-state index is 12.0. The fourth-order valence-electron chi connectivity index (χ4n) is 1.46. The summed E-state index contributed by atoms with van der Waals surface area (Å²) in [6.45, 7) is 2.29. The van der Waals surface area contributed by atoms with E-state index in [-0.39, 0.29) is 29.5 Å². The van der Waals surface area contributed by atoms with E-state index in [2.05, 4.69) is 20.9 Å². The minimum absolute atomic E-state index is 0.0292. The van der Waals surface area contributed by atoms with Gasteiger partial charge in [-0.1, -0.05) is 6.92 Å². The van der Waals surface area contributed by atoms with Crippen molar-refractivity contribution in [2.24, 2.45) is 0 Å². The van der Waals surface area contributed by atoms with Gasteiger partial charge in [0.1, 0.15) is 12.0 Å². The first-order chi connectivity index (χ1) is 9.99. The summed E-state index contributed by atoms with van der Waals surface area (Å²) in [5.74, 6) is -0.727. The average molecular weight is 295 g/mol. The lowest BCUT2D eigenvalue weighted by Crippen LogP contribution is -2.35. The number of nitrogens with zero attached hydrogens (tertiary/aromatic N) is 2. The topological polar surface area (TPSA) is 126 Å². The van der Waals surface area contributed by atoms with E-state index in [4.69, 9.17) is 0 Å². The van der Waals surface area contributed by atoms with Crippen LogP contribution in [0, 0.1) is 10.1 Å². The second kappa shape index (κ2) is 7.78. The molecule has 0 spiro atoms. The van der Waals surface area contributed by atoms with E-state index in [9.17, 15) is 19.7 Å². The molecule has 21 heavy (non-hydrogen) atoms. The quantitative estimate of drug-likeness (QED) is 0.490. The monoisotopic (exact) mass is 295 g/mol. The lowest BCUT2D eigenvalue weighted by Gasteiger charge is -2.10. The van der Waals surface area contributed by atoms with Crippen LogP contribution in [0.4, 0.5) is 11.5 Å². The normalized spacial score (nSPS) is 9.81. The zero-order valence-corrected chi connectivity index (χ0v) is 11.8. The molecule has 114 valence electrons.